The Bertz CT molecular complexity index is 1060. The summed E-state index contributed by atoms with van der Waals surface area (Å²) in [6.07, 6.45) is -0.917. The minimum atomic E-state index is -2.79. The van der Waals surface area contributed by atoms with Crippen molar-refractivity contribution in [3.63, 3.8) is 0 Å². The van der Waals surface area contributed by atoms with Crippen LogP contribution in [0.3, 0.4) is 0 Å². The van der Waals surface area contributed by atoms with Crippen LogP contribution in [0.2, 0.25) is 0 Å². The molecule has 2 aliphatic rings. The topological polar surface area (TPSA) is 112 Å². The number of thioether (sulfide) groups is 1. The van der Waals surface area contributed by atoms with E-state index in [-0.39, 0.29) is 23.3 Å². The number of rotatable bonds is 6. The summed E-state index contributed by atoms with van der Waals surface area (Å²) >= 11 is 1.39. The van der Waals surface area contributed by atoms with Crippen molar-refractivity contribution in [2.45, 2.75) is 24.5 Å². The molecule has 0 unspecified atom stereocenters. The summed E-state index contributed by atoms with van der Waals surface area (Å²) in [5.41, 5.74) is 4.98. The molecule has 0 radical (unpaired) electrons. The van der Waals surface area contributed by atoms with Crippen LogP contribution in [-0.4, -0.2) is 53.2 Å². The van der Waals surface area contributed by atoms with Gasteiger partial charge in [-0.2, -0.15) is 0 Å². The summed E-state index contributed by atoms with van der Waals surface area (Å²) in [5, 5.41) is 2.97. The van der Waals surface area contributed by atoms with Crippen LogP contribution in [0.25, 0.3) is 0 Å². The number of hydrogen-bond donors (Lipinski definition) is 2. The molecule has 0 bridgehead atoms. The average Bonchev–Trinajstić information content (AvgIpc) is 2.80. The number of carbonyl (C=O) groups excluding carboxylic acids is 1. The van der Waals surface area contributed by atoms with E-state index in [2.05, 4.69) is 20.3 Å². The number of halogens is 3. The highest BCUT2D eigenvalue weighted by atomic mass is 32.2. The van der Waals surface area contributed by atoms with Crippen LogP contribution < -0.4 is 11.1 Å². The van der Waals surface area contributed by atoms with Crippen molar-refractivity contribution < 1.29 is 27.4 Å². The van der Waals surface area contributed by atoms with Gasteiger partial charge in [-0.15, -0.1) is 0 Å². The normalized spacial score (nSPS) is 24.8. The van der Waals surface area contributed by atoms with Crippen LogP contribution in [0.1, 0.15) is 34.6 Å². The van der Waals surface area contributed by atoms with E-state index in [1.165, 1.54) is 30.0 Å². The van der Waals surface area contributed by atoms with Crippen LogP contribution in [0.4, 0.5) is 18.9 Å². The average molecular weight is 482 g/mol. The number of ether oxygens (including phenoxy) is 2. The lowest BCUT2D eigenvalue weighted by Crippen LogP contribution is -2.50. The fourth-order valence-corrected chi connectivity index (χ4v) is 5.05. The van der Waals surface area contributed by atoms with E-state index in [0.29, 0.717) is 36.2 Å². The molecule has 1 aromatic heterocycles. The summed E-state index contributed by atoms with van der Waals surface area (Å²) in [5.74, 6) is -0.671. The molecule has 1 aromatic carbocycles. The van der Waals surface area contributed by atoms with Gasteiger partial charge in [0.25, 0.3) is 12.3 Å². The summed E-state index contributed by atoms with van der Waals surface area (Å²) < 4.78 is 51.6. The largest absolute Gasteiger partial charge is 0.382 e. The molecular formula is C21H22F3N5O3S. The molecule has 12 heteroatoms. The smallest absolute Gasteiger partial charge is 0.281 e. The van der Waals surface area contributed by atoms with Gasteiger partial charge in [0.1, 0.15) is 17.2 Å². The van der Waals surface area contributed by atoms with E-state index in [0.717, 1.165) is 12.4 Å². The number of carbonyl (C=O) groups is 1. The van der Waals surface area contributed by atoms with Gasteiger partial charge in [-0.25, -0.2) is 18.2 Å². The summed E-state index contributed by atoms with van der Waals surface area (Å²) in [6.45, 7) is 0.683. The van der Waals surface area contributed by atoms with Crippen LogP contribution >= 0.6 is 11.8 Å². The SMILES string of the molecule is COC[C@H]1C[C@]2(c3cc(NC(=O)c4cnc(C(F)F)cn4)ccc3F)N=C(N)SC[C@@H]2CO1. The first-order valence-electron chi connectivity index (χ1n) is 10.1. The number of nitrogens with zero attached hydrogens (tertiary/aromatic N) is 3. The molecule has 1 amide bonds. The van der Waals surface area contributed by atoms with Crippen molar-refractivity contribution in [3.8, 4) is 0 Å². The second-order valence-corrected chi connectivity index (χ2v) is 8.81. The molecule has 0 spiro atoms. The lowest BCUT2D eigenvalue weighted by atomic mass is 9.73. The number of alkyl halides is 2. The second kappa shape index (κ2) is 9.65. The number of fused-ring (bicyclic) bond motifs is 1. The van der Waals surface area contributed by atoms with Crippen LogP contribution in [0, 0.1) is 11.7 Å². The molecule has 4 rings (SSSR count). The van der Waals surface area contributed by atoms with E-state index in [4.69, 9.17) is 15.2 Å². The predicted octanol–water partition coefficient (Wildman–Crippen LogP) is 3.11. The molecule has 1 fully saturated rings. The van der Waals surface area contributed by atoms with E-state index in [1.54, 1.807) is 7.11 Å². The van der Waals surface area contributed by atoms with Crippen molar-refractivity contribution in [3.05, 3.63) is 53.4 Å². The fourth-order valence-electron chi connectivity index (χ4n) is 4.08. The molecule has 2 aromatic rings. The Morgan fingerprint density at radius 3 is 2.91 bits per heavy atom. The van der Waals surface area contributed by atoms with Gasteiger partial charge in [-0.1, -0.05) is 11.8 Å². The van der Waals surface area contributed by atoms with Gasteiger partial charge in [0.15, 0.2) is 5.17 Å². The van der Waals surface area contributed by atoms with Crippen molar-refractivity contribution in [1.82, 2.24) is 9.97 Å². The molecule has 8 nitrogen and oxygen atoms in total. The van der Waals surface area contributed by atoms with Gasteiger partial charge in [0.2, 0.25) is 0 Å². The minimum Gasteiger partial charge on any atom is -0.382 e. The number of nitrogens with one attached hydrogen (secondary N) is 1. The minimum absolute atomic E-state index is 0.129. The number of amides is 1. The molecular weight excluding hydrogens is 459 g/mol. The Balaban J connectivity index is 1.65. The van der Waals surface area contributed by atoms with E-state index in [9.17, 15) is 13.6 Å². The number of methoxy groups -OCH3 is 1. The van der Waals surface area contributed by atoms with E-state index in [1.807, 2.05) is 0 Å². The van der Waals surface area contributed by atoms with Gasteiger partial charge in [0, 0.05) is 36.5 Å². The third-order valence-electron chi connectivity index (χ3n) is 5.66. The summed E-state index contributed by atoms with van der Waals surface area (Å²) in [4.78, 5) is 24.5. The molecule has 0 saturated carbocycles. The number of amidine groups is 1. The number of aromatic nitrogens is 2. The summed E-state index contributed by atoms with van der Waals surface area (Å²) in [7, 11) is 1.56. The number of hydrogen-bond acceptors (Lipinski definition) is 8. The van der Waals surface area contributed by atoms with Crippen molar-refractivity contribution >= 4 is 28.5 Å². The monoisotopic (exact) mass is 481 g/mol. The maximum Gasteiger partial charge on any atom is 0.281 e. The lowest BCUT2D eigenvalue weighted by molar-refractivity contribution is -0.0812. The van der Waals surface area contributed by atoms with E-state index >= 15 is 4.39 Å². The molecule has 33 heavy (non-hydrogen) atoms. The molecule has 0 aliphatic carbocycles. The fraction of sp³-hybridized carbons (Fsp3) is 0.429. The van der Waals surface area contributed by atoms with Gasteiger partial charge in [0.05, 0.1) is 37.3 Å². The zero-order valence-corrected chi connectivity index (χ0v) is 18.4. The standard InChI is InChI=1S/C21H22F3N5O3S/c1-31-9-13-5-21(11(8-32-13)10-33-20(25)29-21)14-4-12(2-3-15(14)22)28-19(30)17-7-26-16(6-27-17)18(23)24/h2-4,6-7,11,13,18H,5,8-10H2,1H3,(H2,25,29)(H,28,30)/t11-,13+,21-/m0/s1. The highest BCUT2D eigenvalue weighted by molar-refractivity contribution is 8.13. The molecule has 1 saturated heterocycles. The van der Waals surface area contributed by atoms with Gasteiger partial charge in [-0.05, 0) is 18.2 Å². The van der Waals surface area contributed by atoms with Crippen molar-refractivity contribution in [2.75, 3.05) is 31.4 Å². The molecule has 3 heterocycles. The molecule has 176 valence electrons. The first-order chi connectivity index (χ1) is 15.8. The van der Waals surface area contributed by atoms with Gasteiger partial charge >= 0.3 is 0 Å². The number of nitrogens with two attached hydrogens (primary N) is 1. The van der Waals surface area contributed by atoms with Crippen molar-refractivity contribution in [2.24, 2.45) is 16.6 Å². The van der Waals surface area contributed by atoms with Gasteiger partial charge < -0.3 is 20.5 Å². The Hall–Kier alpha value is -2.70. The second-order valence-electron chi connectivity index (χ2n) is 7.77. The van der Waals surface area contributed by atoms with Crippen LogP contribution in [0.5, 0.6) is 0 Å². The molecule has 3 N–H and O–H groups in total. The zero-order valence-electron chi connectivity index (χ0n) is 17.6. The highest BCUT2D eigenvalue weighted by Crippen LogP contribution is 2.48. The number of benzene rings is 1. The number of anilines is 1. The van der Waals surface area contributed by atoms with Crippen LogP contribution in [0.15, 0.2) is 35.6 Å². The third kappa shape index (κ3) is 4.82. The van der Waals surface area contributed by atoms with Gasteiger partial charge in [-0.3, -0.25) is 14.8 Å². The maximum atomic E-state index is 15.1. The Labute approximate surface area is 192 Å². The van der Waals surface area contributed by atoms with E-state index < -0.39 is 29.4 Å². The van der Waals surface area contributed by atoms with Crippen LogP contribution in [-0.2, 0) is 15.0 Å². The first kappa shape index (κ1) is 23.5. The Morgan fingerprint density at radius 1 is 1.39 bits per heavy atom. The maximum absolute atomic E-state index is 15.1. The molecule has 2 aliphatic heterocycles. The Morgan fingerprint density at radius 2 is 2.21 bits per heavy atom. The predicted molar refractivity (Wildman–Crippen MR) is 117 cm³/mol. The Kier molecular flexibility index (Phi) is 6.86. The third-order valence-corrected chi connectivity index (χ3v) is 6.62. The summed E-state index contributed by atoms with van der Waals surface area (Å²) in [6, 6.07) is 4.17. The van der Waals surface area contributed by atoms with Crippen molar-refractivity contribution in [1.29, 1.82) is 0 Å². The lowest BCUT2D eigenvalue weighted by Gasteiger charge is -2.46. The highest BCUT2D eigenvalue weighted by Gasteiger charge is 2.49. The quantitative estimate of drug-likeness (QED) is 0.652. The molecule has 3 atom stereocenters. The zero-order chi connectivity index (χ0) is 23.6. The first-order valence-corrected chi connectivity index (χ1v) is 11.1. The number of aliphatic imine (C=N–C) groups is 1.